The van der Waals surface area contributed by atoms with Crippen LogP contribution in [-0.2, 0) is 6.18 Å². The number of halogens is 6. The predicted octanol–water partition coefficient (Wildman–Crippen LogP) is 5.01. The first-order valence-electron chi connectivity index (χ1n) is 5.97. The third kappa shape index (κ3) is 6.08. The molecule has 1 aromatic carbocycles. The first-order valence-corrected chi connectivity index (χ1v) is 6.94. The summed E-state index contributed by atoms with van der Waals surface area (Å²) in [6, 6.07) is 4.98. The van der Waals surface area contributed by atoms with Gasteiger partial charge in [0.2, 0.25) is 0 Å². The van der Waals surface area contributed by atoms with Crippen LogP contribution >= 0.6 is 35.6 Å². The molecule has 1 nitrogen and oxygen atoms in total. The summed E-state index contributed by atoms with van der Waals surface area (Å²) in [7, 11) is 0. The Labute approximate surface area is 133 Å². The van der Waals surface area contributed by atoms with Gasteiger partial charge in [0.1, 0.15) is 0 Å². The van der Waals surface area contributed by atoms with Crippen LogP contribution in [0.4, 0.5) is 13.2 Å². The number of nitrogens with one attached hydrogen (secondary N) is 1. The molecule has 0 aliphatic carbocycles. The van der Waals surface area contributed by atoms with Crippen LogP contribution in [0.5, 0.6) is 0 Å². The molecule has 0 radical (unpaired) electrons. The highest BCUT2D eigenvalue weighted by Crippen LogP contribution is 2.32. The second-order valence-electron chi connectivity index (χ2n) is 4.31. The summed E-state index contributed by atoms with van der Waals surface area (Å²) in [5, 5.41) is 2.63. The Morgan fingerprint density at radius 3 is 2.50 bits per heavy atom. The first-order chi connectivity index (χ1) is 8.86. The quantitative estimate of drug-likeness (QED) is 0.561. The van der Waals surface area contributed by atoms with E-state index in [1.54, 1.807) is 6.07 Å². The van der Waals surface area contributed by atoms with Crippen molar-refractivity contribution < 1.29 is 13.2 Å². The summed E-state index contributed by atoms with van der Waals surface area (Å²) in [4.78, 5) is 0. The SMILES string of the molecule is CC(NCCCCl)C(Cl)c1cccc(C(F)(F)F)c1.Cl. The van der Waals surface area contributed by atoms with Gasteiger partial charge in [0, 0.05) is 11.9 Å². The van der Waals surface area contributed by atoms with Crippen LogP contribution in [0.15, 0.2) is 24.3 Å². The van der Waals surface area contributed by atoms with Gasteiger partial charge in [-0.15, -0.1) is 35.6 Å². The third-order valence-corrected chi connectivity index (χ3v) is 3.65. The van der Waals surface area contributed by atoms with Crippen LogP contribution in [-0.4, -0.2) is 18.5 Å². The normalized spacial score (nSPS) is 14.5. The van der Waals surface area contributed by atoms with Gasteiger partial charge in [0.15, 0.2) is 0 Å². The largest absolute Gasteiger partial charge is 0.416 e. The minimum atomic E-state index is -4.35. The average Bonchev–Trinajstić information content (AvgIpc) is 2.37. The lowest BCUT2D eigenvalue weighted by molar-refractivity contribution is -0.137. The smallest absolute Gasteiger partial charge is 0.312 e. The number of rotatable bonds is 6. The highest BCUT2D eigenvalue weighted by Gasteiger charge is 2.31. The molecular formula is C13H17Cl3F3N. The number of hydrogen-bond donors (Lipinski definition) is 1. The molecule has 20 heavy (non-hydrogen) atoms. The first kappa shape index (κ1) is 19.8. The maximum atomic E-state index is 12.6. The van der Waals surface area contributed by atoms with Crippen LogP contribution in [0.25, 0.3) is 0 Å². The minimum Gasteiger partial charge on any atom is -0.312 e. The Balaban J connectivity index is 0.00000361. The van der Waals surface area contributed by atoms with Gasteiger partial charge < -0.3 is 5.32 Å². The second kappa shape index (κ2) is 8.98. The van der Waals surface area contributed by atoms with Crippen LogP contribution in [0.3, 0.4) is 0 Å². The molecule has 0 aliphatic rings. The van der Waals surface area contributed by atoms with E-state index in [-0.39, 0.29) is 18.4 Å². The van der Waals surface area contributed by atoms with E-state index in [2.05, 4.69) is 5.32 Å². The van der Waals surface area contributed by atoms with Gasteiger partial charge in [-0.25, -0.2) is 0 Å². The van der Waals surface area contributed by atoms with Crippen molar-refractivity contribution in [3.05, 3.63) is 35.4 Å². The molecule has 0 amide bonds. The third-order valence-electron chi connectivity index (χ3n) is 2.75. The molecule has 7 heteroatoms. The van der Waals surface area contributed by atoms with Crippen molar-refractivity contribution in [3.8, 4) is 0 Å². The van der Waals surface area contributed by atoms with Crippen molar-refractivity contribution in [1.29, 1.82) is 0 Å². The van der Waals surface area contributed by atoms with E-state index in [4.69, 9.17) is 23.2 Å². The Morgan fingerprint density at radius 2 is 1.95 bits per heavy atom. The monoisotopic (exact) mass is 349 g/mol. The fourth-order valence-electron chi connectivity index (χ4n) is 1.68. The van der Waals surface area contributed by atoms with Crippen LogP contribution < -0.4 is 5.32 Å². The van der Waals surface area contributed by atoms with Gasteiger partial charge in [-0.2, -0.15) is 13.2 Å². The number of alkyl halides is 5. The van der Waals surface area contributed by atoms with Gasteiger partial charge in [0.25, 0.3) is 0 Å². The van der Waals surface area contributed by atoms with Crippen LogP contribution in [0, 0.1) is 0 Å². The lowest BCUT2D eigenvalue weighted by Gasteiger charge is -2.20. The van der Waals surface area contributed by atoms with Crippen molar-refractivity contribution in [1.82, 2.24) is 5.32 Å². The van der Waals surface area contributed by atoms with E-state index in [1.807, 2.05) is 6.92 Å². The van der Waals surface area contributed by atoms with E-state index in [0.29, 0.717) is 18.0 Å². The predicted molar refractivity (Wildman–Crippen MR) is 80.1 cm³/mol. The lowest BCUT2D eigenvalue weighted by Crippen LogP contribution is -2.31. The summed E-state index contributed by atoms with van der Waals surface area (Å²) in [5.41, 5.74) is -0.217. The maximum absolute atomic E-state index is 12.6. The average molecular weight is 351 g/mol. The van der Waals surface area contributed by atoms with Gasteiger partial charge in [0.05, 0.1) is 10.9 Å². The fraction of sp³-hybridized carbons (Fsp3) is 0.538. The van der Waals surface area contributed by atoms with Crippen LogP contribution in [0.1, 0.15) is 29.8 Å². The van der Waals surface area contributed by atoms with Gasteiger partial charge in [-0.05, 0) is 31.5 Å². The van der Waals surface area contributed by atoms with Crippen molar-refractivity contribution >= 4 is 35.6 Å². The molecule has 1 N–H and O–H groups in total. The molecule has 2 atom stereocenters. The summed E-state index contributed by atoms with van der Waals surface area (Å²) in [6.07, 6.45) is -3.56. The summed E-state index contributed by atoms with van der Waals surface area (Å²) >= 11 is 11.7. The Morgan fingerprint density at radius 1 is 1.30 bits per heavy atom. The molecule has 1 rings (SSSR count). The zero-order chi connectivity index (χ0) is 14.5. The standard InChI is InChI=1S/C13H16Cl2F3N.ClH/c1-9(19-7-3-6-14)12(15)10-4-2-5-11(8-10)13(16,17)18;/h2,4-5,8-9,12,19H,3,6-7H2,1H3;1H. The number of hydrogen-bond acceptors (Lipinski definition) is 1. The fourth-order valence-corrected chi connectivity index (χ4v) is 2.03. The molecule has 0 heterocycles. The summed E-state index contributed by atoms with van der Waals surface area (Å²) in [6.45, 7) is 2.53. The molecule has 0 saturated carbocycles. The lowest BCUT2D eigenvalue weighted by atomic mass is 10.0. The van der Waals surface area contributed by atoms with Crippen LogP contribution in [0.2, 0.25) is 0 Å². The zero-order valence-corrected chi connectivity index (χ0v) is 13.2. The Hall–Kier alpha value is -0.160. The topological polar surface area (TPSA) is 12.0 Å². The highest BCUT2D eigenvalue weighted by atomic mass is 35.5. The Bertz CT molecular complexity index is 399. The molecule has 116 valence electrons. The van der Waals surface area contributed by atoms with Gasteiger partial charge >= 0.3 is 6.18 Å². The summed E-state index contributed by atoms with van der Waals surface area (Å²) in [5.74, 6) is 0.538. The van der Waals surface area contributed by atoms with Crippen molar-refractivity contribution in [3.63, 3.8) is 0 Å². The minimum absolute atomic E-state index is 0. The Kier molecular flexibility index (Phi) is 8.91. The van der Waals surface area contributed by atoms with Gasteiger partial charge in [-0.3, -0.25) is 0 Å². The van der Waals surface area contributed by atoms with Crippen molar-refractivity contribution in [2.75, 3.05) is 12.4 Å². The van der Waals surface area contributed by atoms with E-state index >= 15 is 0 Å². The van der Waals surface area contributed by atoms with E-state index < -0.39 is 17.1 Å². The van der Waals surface area contributed by atoms with E-state index in [0.717, 1.165) is 18.6 Å². The molecule has 0 saturated heterocycles. The van der Waals surface area contributed by atoms with Crippen molar-refractivity contribution in [2.24, 2.45) is 0 Å². The molecule has 0 aromatic heterocycles. The van der Waals surface area contributed by atoms with E-state index in [1.165, 1.54) is 6.07 Å². The molecule has 2 unspecified atom stereocenters. The zero-order valence-electron chi connectivity index (χ0n) is 10.9. The molecule has 0 aliphatic heterocycles. The highest BCUT2D eigenvalue weighted by molar-refractivity contribution is 6.21. The van der Waals surface area contributed by atoms with Crippen molar-refractivity contribution in [2.45, 2.75) is 30.9 Å². The molecular weight excluding hydrogens is 334 g/mol. The van der Waals surface area contributed by atoms with E-state index in [9.17, 15) is 13.2 Å². The van der Waals surface area contributed by atoms with Gasteiger partial charge in [-0.1, -0.05) is 18.2 Å². The summed E-state index contributed by atoms with van der Waals surface area (Å²) < 4.78 is 37.8. The molecule has 0 fully saturated rings. The molecule has 0 bridgehead atoms. The number of benzene rings is 1. The molecule has 0 spiro atoms. The second-order valence-corrected chi connectivity index (χ2v) is 5.16. The maximum Gasteiger partial charge on any atom is 0.416 e. The molecule has 1 aromatic rings.